The molecule has 0 bridgehead atoms. The van der Waals surface area contributed by atoms with E-state index in [1.807, 2.05) is 11.0 Å². The maximum Gasteiger partial charge on any atom is 0.130 e. The van der Waals surface area contributed by atoms with E-state index in [1.54, 1.807) is 6.07 Å². The molecule has 0 aliphatic heterocycles. The number of aliphatic hydroxyl groups is 1. The van der Waals surface area contributed by atoms with E-state index >= 15 is 0 Å². The van der Waals surface area contributed by atoms with Crippen LogP contribution in [0.1, 0.15) is 18.4 Å². The number of rotatable bonds is 5. The second-order valence-electron chi connectivity index (χ2n) is 4.42. The molecule has 1 aromatic carbocycles. The van der Waals surface area contributed by atoms with E-state index in [9.17, 15) is 9.50 Å². The van der Waals surface area contributed by atoms with Crippen LogP contribution < -0.4 is 4.90 Å². The van der Waals surface area contributed by atoms with E-state index in [4.69, 9.17) is 6.42 Å². The van der Waals surface area contributed by atoms with Crippen molar-refractivity contribution >= 4 is 5.69 Å². The Balaban J connectivity index is 2.27. The van der Waals surface area contributed by atoms with Crippen molar-refractivity contribution in [3.05, 3.63) is 29.6 Å². The molecule has 1 N–H and O–H groups in total. The third-order valence-corrected chi connectivity index (χ3v) is 3.05. The molecule has 2 rings (SSSR count). The average Bonchev–Trinajstić information content (AvgIpc) is 3.12. The Kier molecular flexibility index (Phi) is 3.65. The highest BCUT2D eigenvalue weighted by molar-refractivity contribution is 5.55. The Hall–Kier alpha value is -1.53. The summed E-state index contributed by atoms with van der Waals surface area (Å²) in [4.78, 5) is 1.98. The molecule has 1 fully saturated rings. The minimum Gasteiger partial charge on any atom is -0.391 e. The van der Waals surface area contributed by atoms with Crippen LogP contribution in [0.3, 0.4) is 0 Å². The fraction of sp³-hybridized carbons (Fsp3) is 0.429. The summed E-state index contributed by atoms with van der Waals surface area (Å²) in [6.45, 7) is 1.00. The van der Waals surface area contributed by atoms with Crippen LogP contribution in [0.4, 0.5) is 10.1 Å². The molecule has 1 aliphatic carbocycles. The van der Waals surface area contributed by atoms with E-state index in [0.717, 1.165) is 12.2 Å². The zero-order chi connectivity index (χ0) is 12.3. The third kappa shape index (κ3) is 2.78. The summed E-state index contributed by atoms with van der Waals surface area (Å²) in [7, 11) is 0. The molecule has 0 unspecified atom stereocenters. The number of anilines is 1. The van der Waals surface area contributed by atoms with Gasteiger partial charge in [0.25, 0.3) is 0 Å². The number of hydrogen-bond donors (Lipinski definition) is 1. The number of halogens is 1. The molecule has 0 saturated heterocycles. The van der Waals surface area contributed by atoms with Gasteiger partial charge in [0, 0.05) is 17.8 Å². The van der Waals surface area contributed by atoms with E-state index in [2.05, 4.69) is 5.92 Å². The maximum atomic E-state index is 13.6. The molecule has 0 heterocycles. The monoisotopic (exact) mass is 233 g/mol. The Labute approximate surface area is 101 Å². The van der Waals surface area contributed by atoms with E-state index in [-0.39, 0.29) is 12.4 Å². The molecule has 1 saturated carbocycles. The second-order valence-corrected chi connectivity index (χ2v) is 4.42. The van der Waals surface area contributed by atoms with Gasteiger partial charge < -0.3 is 10.0 Å². The zero-order valence-corrected chi connectivity index (χ0v) is 9.69. The van der Waals surface area contributed by atoms with Crippen molar-refractivity contribution < 1.29 is 9.50 Å². The molecule has 1 aliphatic rings. The lowest BCUT2D eigenvalue weighted by Gasteiger charge is -2.24. The molecular weight excluding hydrogens is 217 g/mol. The van der Waals surface area contributed by atoms with Crippen LogP contribution >= 0.6 is 0 Å². The van der Waals surface area contributed by atoms with Crippen LogP contribution in [0.2, 0.25) is 0 Å². The van der Waals surface area contributed by atoms with Crippen molar-refractivity contribution in [2.45, 2.75) is 19.4 Å². The molecule has 0 spiro atoms. The number of aliphatic hydroxyl groups excluding tert-OH is 1. The normalized spacial score (nSPS) is 14.4. The summed E-state index contributed by atoms with van der Waals surface area (Å²) in [5, 5.41) is 9.25. The van der Waals surface area contributed by atoms with Gasteiger partial charge in [-0.2, -0.15) is 0 Å². The number of nitrogens with zero attached hydrogens (tertiary/aromatic N) is 1. The van der Waals surface area contributed by atoms with Gasteiger partial charge >= 0.3 is 0 Å². The van der Waals surface area contributed by atoms with Gasteiger partial charge in [0.15, 0.2) is 0 Å². The summed E-state index contributed by atoms with van der Waals surface area (Å²) in [5.74, 6) is 2.88. The molecule has 0 amide bonds. The van der Waals surface area contributed by atoms with Crippen molar-refractivity contribution in [3.63, 3.8) is 0 Å². The van der Waals surface area contributed by atoms with Crippen LogP contribution in [-0.4, -0.2) is 18.2 Å². The SMILES string of the molecule is C#CCN(CC1CC1)c1cccc(F)c1CO. The number of terminal acetylenes is 1. The first kappa shape index (κ1) is 11.9. The van der Waals surface area contributed by atoms with Crippen LogP contribution in [0.5, 0.6) is 0 Å². The highest BCUT2D eigenvalue weighted by atomic mass is 19.1. The minimum absolute atomic E-state index is 0.298. The Morgan fingerprint density at radius 1 is 1.47 bits per heavy atom. The molecular formula is C14H16FNO. The molecule has 90 valence electrons. The molecule has 0 atom stereocenters. The van der Waals surface area contributed by atoms with Gasteiger partial charge in [0.1, 0.15) is 5.82 Å². The largest absolute Gasteiger partial charge is 0.391 e. The van der Waals surface area contributed by atoms with Gasteiger partial charge in [0.2, 0.25) is 0 Å². The number of hydrogen-bond acceptors (Lipinski definition) is 2. The van der Waals surface area contributed by atoms with Crippen molar-refractivity contribution in [1.29, 1.82) is 0 Å². The first-order valence-electron chi connectivity index (χ1n) is 5.83. The Bertz CT molecular complexity index is 434. The third-order valence-electron chi connectivity index (χ3n) is 3.05. The maximum absolute atomic E-state index is 13.6. The fourth-order valence-corrected chi connectivity index (χ4v) is 1.97. The number of benzene rings is 1. The predicted octanol–water partition coefficient (Wildman–Crippen LogP) is 2.17. The zero-order valence-electron chi connectivity index (χ0n) is 9.69. The minimum atomic E-state index is -0.372. The van der Waals surface area contributed by atoms with Crippen molar-refractivity contribution in [2.75, 3.05) is 18.0 Å². The summed E-state index contributed by atoms with van der Waals surface area (Å²) in [6.07, 6.45) is 7.77. The van der Waals surface area contributed by atoms with Gasteiger partial charge in [0.05, 0.1) is 13.2 Å². The molecule has 0 aromatic heterocycles. The average molecular weight is 233 g/mol. The molecule has 1 aromatic rings. The Morgan fingerprint density at radius 3 is 2.82 bits per heavy atom. The van der Waals surface area contributed by atoms with Crippen LogP contribution in [0.25, 0.3) is 0 Å². The van der Waals surface area contributed by atoms with Crippen LogP contribution in [0.15, 0.2) is 18.2 Å². The van der Waals surface area contributed by atoms with Crippen LogP contribution in [0, 0.1) is 24.1 Å². The quantitative estimate of drug-likeness (QED) is 0.788. The first-order chi connectivity index (χ1) is 8.26. The van der Waals surface area contributed by atoms with E-state index in [1.165, 1.54) is 18.9 Å². The topological polar surface area (TPSA) is 23.5 Å². The van der Waals surface area contributed by atoms with Gasteiger partial charge in [-0.1, -0.05) is 12.0 Å². The Morgan fingerprint density at radius 2 is 2.24 bits per heavy atom. The summed E-state index contributed by atoms with van der Waals surface area (Å²) < 4.78 is 13.6. The highest BCUT2D eigenvalue weighted by Gasteiger charge is 2.25. The van der Waals surface area contributed by atoms with Crippen molar-refractivity contribution in [2.24, 2.45) is 5.92 Å². The standard InChI is InChI=1S/C14H16FNO/c1-2-8-16(9-11-6-7-11)14-5-3-4-13(15)12(14)10-17/h1,3-5,11,17H,6-10H2. The van der Waals surface area contributed by atoms with E-state index < -0.39 is 0 Å². The predicted molar refractivity (Wildman–Crippen MR) is 66.1 cm³/mol. The van der Waals surface area contributed by atoms with Crippen molar-refractivity contribution in [1.82, 2.24) is 0 Å². The summed E-state index contributed by atoms with van der Waals surface area (Å²) >= 11 is 0. The lowest BCUT2D eigenvalue weighted by molar-refractivity contribution is 0.276. The van der Waals surface area contributed by atoms with E-state index in [0.29, 0.717) is 18.0 Å². The molecule has 17 heavy (non-hydrogen) atoms. The lowest BCUT2D eigenvalue weighted by atomic mass is 10.1. The summed E-state index contributed by atoms with van der Waals surface area (Å²) in [6, 6.07) is 4.83. The molecule has 0 radical (unpaired) electrons. The molecule has 3 heteroatoms. The van der Waals surface area contributed by atoms with Gasteiger partial charge in [-0.05, 0) is 30.9 Å². The first-order valence-corrected chi connectivity index (χ1v) is 5.83. The van der Waals surface area contributed by atoms with Crippen molar-refractivity contribution in [3.8, 4) is 12.3 Å². The second kappa shape index (κ2) is 5.20. The van der Waals surface area contributed by atoms with Gasteiger partial charge in [-0.25, -0.2) is 4.39 Å². The highest BCUT2D eigenvalue weighted by Crippen LogP contribution is 2.32. The van der Waals surface area contributed by atoms with Crippen LogP contribution in [-0.2, 0) is 6.61 Å². The van der Waals surface area contributed by atoms with Gasteiger partial charge in [-0.15, -0.1) is 6.42 Å². The fourth-order valence-electron chi connectivity index (χ4n) is 1.97. The molecule has 2 nitrogen and oxygen atoms in total. The summed E-state index contributed by atoms with van der Waals surface area (Å²) in [5.41, 5.74) is 1.06. The smallest absolute Gasteiger partial charge is 0.130 e. The lowest BCUT2D eigenvalue weighted by Crippen LogP contribution is -2.27. The van der Waals surface area contributed by atoms with Gasteiger partial charge in [-0.3, -0.25) is 0 Å².